The van der Waals surface area contributed by atoms with Gasteiger partial charge in [0.25, 0.3) is 0 Å². The SMILES string of the molecule is CCOC(=O)C(Cc1ccc(OCCN)cc1)C(C)Oc1ccccc1. The van der Waals surface area contributed by atoms with Gasteiger partial charge in [-0.3, -0.25) is 4.79 Å². The maximum Gasteiger partial charge on any atom is 0.313 e. The first-order valence-corrected chi connectivity index (χ1v) is 8.94. The van der Waals surface area contributed by atoms with Crippen molar-refractivity contribution in [2.45, 2.75) is 26.4 Å². The minimum atomic E-state index is -0.397. The summed E-state index contributed by atoms with van der Waals surface area (Å²) >= 11 is 0. The average molecular weight is 357 g/mol. The van der Waals surface area contributed by atoms with Gasteiger partial charge in [0.15, 0.2) is 0 Å². The van der Waals surface area contributed by atoms with Crippen LogP contribution in [0.2, 0.25) is 0 Å². The van der Waals surface area contributed by atoms with Crippen LogP contribution in [-0.2, 0) is 16.0 Å². The van der Waals surface area contributed by atoms with E-state index in [-0.39, 0.29) is 12.1 Å². The number of ether oxygens (including phenoxy) is 3. The van der Waals surface area contributed by atoms with Gasteiger partial charge >= 0.3 is 5.97 Å². The molecule has 0 bridgehead atoms. The molecule has 0 heterocycles. The predicted molar refractivity (Wildman–Crippen MR) is 101 cm³/mol. The molecule has 2 aromatic carbocycles. The highest BCUT2D eigenvalue weighted by atomic mass is 16.5. The van der Waals surface area contributed by atoms with E-state index in [0.717, 1.165) is 17.1 Å². The smallest absolute Gasteiger partial charge is 0.313 e. The van der Waals surface area contributed by atoms with Crippen LogP contribution in [0.15, 0.2) is 54.6 Å². The molecule has 0 saturated carbocycles. The van der Waals surface area contributed by atoms with E-state index >= 15 is 0 Å². The first kappa shape index (κ1) is 19.8. The molecule has 2 atom stereocenters. The van der Waals surface area contributed by atoms with E-state index in [4.69, 9.17) is 19.9 Å². The topological polar surface area (TPSA) is 70.8 Å². The van der Waals surface area contributed by atoms with E-state index in [1.165, 1.54) is 0 Å². The van der Waals surface area contributed by atoms with Gasteiger partial charge in [-0.1, -0.05) is 30.3 Å². The Morgan fingerprint density at radius 3 is 2.35 bits per heavy atom. The van der Waals surface area contributed by atoms with E-state index in [9.17, 15) is 4.79 Å². The van der Waals surface area contributed by atoms with Crippen LogP contribution in [0.5, 0.6) is 11.5 Å². The highest BCUT2D eigenvalue weighted by molar-refractivity contribution is 5.73. The molecule has 2 aromatic rings. The Balaban J connectivity index is 2.07. The van der Waals surface area contributed by atoms with E-state index in [2.05, 4.69) is 0 Å². The fourth-order valence-corrected chi connectivity index (χ4v) is 2.64. The van der Waals surface area contributed by atoms with Crippen molar-refractivity contribution in [3.63, 3.8) is 0 Å². The quantitative estimate of drug-likeness (QED) is 0.661. The molecule has 2 N–H and O–H groups in total. The molecular weight excluding hydrogens is 330 g/mol. The molecule has 0 fully saturated rings. The molecule has 140 valence electrons. The Bertz CT molecular complexity index is 657. The van der Waals surface area contributed by atoms with Gasteiger partial charge in [-0.2, -0.15) is 0 Å². The van der Waals surface area contributed by atoms with Gasteiger partial charge in [-0.15, -0.1) is 0 Å². The van der Waals surface area contributed by atoms with Crippen LogP contribution in [0.1, 0.15) is 19.4 Å². The van der Waals surface area contributed by atoms with Crippen LogP contribution in [0.25, 0.3) is 0 Å². The van der Waals surface area contributed by atoms with Crippen molar-refractivity contribution < 1.29 is 19.0 Å². The zero-order chi connectivity index (χ0) is 18.8. The fourth-order valence-electron chi connectivity index (χ4n) is 2.64. The number of carbonyl (C=O) groups excluding carboxylic acids is 1. The van der Waals surface area contributed by atoms with Crippen molar-refractivity contribution in [2.75, 3.05) is 19.8 Å². The van der Waals surface area contributed by atoms with Crippen LogP contribution in [0.3, 0.4) is 0 Å². The third kappa shape index (κ3) is 6.08. The first-order valence-electron chi connectivity index (χ1n) is 8.94. The van der Waals surface area contributed by atoms with Gasteiger partial charge in [0.05, 0.1) is 12.5 Å². The molecule has 0 aliphatic rings. The fraction of sp³-hybridized carbons (Fsp3) is 0.381. The van der Waals surface area contributed by atoms with Crippen molar-refractivity contribution in [3.8, 4) is 11.5 Å². The van der Waals surface area contributed by atoms with Gasteiger partial charge < -0.3 is 19.9 Å². The Labute approximate surface area is 155 Å². The lowest BCUT2D eigenvalue weighted by atomic mass is 9.94. The highest BCUT2D eigenvalue weighted by Crippen LogP contribution is 2.22. The summed E-state index contributed by atoms with van der Waals surface area (Å²) in [5, 5.41) is 0. The van der Waals surface area contributed by atoms with Gasteiger partial charge in [0.2, 0.25) is 0 Å². The number of benzene rings is 2. The number of carbonyl (C=O) groups is 1. The maximum absolute atomic E-state index is 12.4. The minimum absolute atomic E-state index is 0.251. The standard InChI is InChI=1S/C21H27NO4/c1-3-24-21(23)20(16(2)26-19-7-5-4-6-8-19)15-17-9-11-18(12-10-17)25-14-13-22/h4-12,16,20H,3,13-15,22H2,1-2H3. The van der Waals surface area contributed by atoms with Gasteiger partial charge in [-0.25, -0.2) is 0 Å². The van der Waals surface area contributed by atoms with Crippen molar-refractivity contribution in [1.82, 2.24) is 0 Å². The zero-order valence-electron chi connectivity index (χ0n) is 15.4. The molecule has 2 unspecified atom stereocenters. The predicted octanol–water partition coefficient (Wildman–Crippen LogP) is 3.21. The van der Waals surface area contributed by atoms with Gasteiger partial charge in [0, 0.05) is 6.54 Å². The molecule has 0 aliphatic carbocycles. The lowest BCUT2D eigenvalue weighted by Gasteiger charge is -2.23. The second-order valence-electron chi connectivity index (χ2n) is 5.98. The van der Waals surface area contributed by atoms with E-state index in [1.54, 1.807) is 6.92 Å². The summed E-state index contributed by atoms with van der Waals surface area (Å²) < 4.78 is 16.7. The van der Waals surface area contributed by atoms with Crippen LogP contribution in [0, 0.1) is 5.92 Å². The molecule has 0 aliphatic heterocycles. The molecule has 0 spiro atoms. The zero-order valence-corrected chi connectivity index (χ0v) is 15.4. The van der Waals surface area contributed by atoms with Crippen LogP contribution >= 0.6 is 0 Å². The molecule has 5 nitrogen and oxygen atoms in total. The Hall–Kier alpha value is -2.53. The molecule has 0 radical (unpaired) electrons. The molecule has 0 saturated heterocycles. The van der Waals surface area contributed by atoms with E-state index in [1.807, 2.05) is 61.5 Å². The largest absolute Gasteiger partial charge is 0.492 e. The van der Waals surface area contributed by atoms with Crippen molar-refractivity contribution in [2.24, 2.45) is 11.7 Å². The summed E-state index contributed by atoms with van der Waals surface area (Å²) in [7, 11) is 0. The first-order chi connectivity index (χ1) is 12.6. The highest BCUT2D eigenvalue weighted by Gasteiger charge is 2.28. The average Bonchev–Trinajstić information content (AvgIpc) is 2.66. The second-order valence-corrected chi connectivity index (χ2v) is 5.98. The number of nitrogens with two attached hydrogens (primary N) is 1. The molecular formula is C21H27NO4. The molecule has 2 rings (SSSR count). The lowest BCUT2D eigenvalue weighted by Crippen LogP contribution is -2.33. The monoisotopic (exact) mass is 357 g/mol. The number of esters is 1. The van der Waals surface area contributed by atoms with E-state index in [0.29, 0.717) is 26.2 Å². The third-order valence-electron chi connectivity index (χ3n) is 3.99. The number of hydrogen-bond donors (Lipinski definition) is 1. The second kappa shape index (κ2) is 10.5. The maximum atomic E-state index is 12.4. The normalized spacial score (nSPS) is 12.9. The third-order valence-corrected chi connectivity index (χ3v) is 3.99. The lowest BCUT2D eigenvalue weighted by molar-refractivity contribution is -0.151. The summed E-state index contributed by atoms with van der Waals surface area (Å²) in [4.78, 5) is 12.4. The van der Waals surface area contributed by atoms with Crippen molar-refractivity contribution >= 4 is 5.97 Å². The number of hydrogen-bond acceptors (Lipinski definition) is 5. The van der Waals surface area contributed by atoms with Crippen LogP contribution < -0.4 is 15.2 Å². The van der Waals surface area contributed by atoms with Crippen molar-refractivity contribution in [3.05, 3.63) is 60.2 Å². The van der Waals surface area contributed by atoms with E-state index < -0.39 is 5.92 Å². The summed E-state index contributed by atoms with van der Waals surface area (Å²) in [6.07, 6.45) is 0.217. The summed E-state index contributed by atoms with van der Waals surface area (Å²) in [5.41, 5.74) is 6.46. The van der Waals surface area contributed by atoms with Gasteiger partial charge in [0.1, 0.15) is 24.2 Å². The Morgan fingerprint density at radius 1 is 1.04 bits per heavy atom. The number of para-hydroxylation sites is 1. The summed E-state index contributed by atoms with van der Waals surface area (Å²) in [6, 6.07) is 17.2. The van der Waals surface area contributed by atoms with Crippen LogP contribution in [-0.4, -0.2) is 31.8 Å². The Kier molecular flexibility index (Phi) is 7.96. The minimum Gasteiger partial charge on any atom is -0.492 e. The molecule has 0 amide bonds. The Morgan fingerprint density at radius 2 is 1.73 bits per heavy atom. The molecule has 26 heavy (non-hydrogen) atoms. The number of rotatable bonds is 10. The molecule has 5 heteroatoms. The summed E-state index contributed by atoms with van der Waals surface area (Å²) in [5.74, 6) is 0.852. The summed E-state index contributed by atoms with van der Waals surface area (Å²) in [6.45, 7) is 5.00. The van der Waals surface area contributed by atoms with Crippen molar-refractivity contribution in [1.29, 1.82) is 0 Å². The van der Waals surface area contributed by atoms with Crippen LogP contribution in [0.4, 0.5) is 0 Å². The van der Waals surface area contributed by atoms with Gasteiger partial charge in [-0.05, 0) is 50.1 Å². The molecule has 0 aromatic heterocycles.